The molecule has 4 heteroatoms. The fourth-order valence-electron chi connectivity index (χ4n) is 2.16. The van der Waals surface area contributed by atoms with E-state index in [2.05, 4.69) is 17.2 Å². The van der Waals surface area contributed by atoms with E-state index in [1.807, 2.05) is 0 Å². The average Bonchev–Trinajstić information content (AvgIpc) is 2.65. The first-order chi connectivity index (χ1) is 7.68. The molecule has 1 fully saturated rings. The van der Waals surface area contributed by atoms with Crippen molar-refractivity contribution in [2.45, 2.75) is 32.2 Å². The van der Waals surface area contributed by atoms with Gasteiger partial charge in [-0.2, -0.15) is 0 Å². The Kier molecular flexibility index (Phi) is 3.44. The summed E-state index contributed by atoms with van der Waals surface area (Å²) in [5, 5.41) is 3.29. The summed E-state index contributed by atoms with van der Waals surface area (Å²) in [6.07, 6.45) is 5.01. The molecule has 2 atom stereocenters. The molecule has 16 heavy (non-hydrogen) atoms. The Morgan fingerprint density at radius 2 is 2.38 bits per heavy atom. The molecule has 1 saturated carbocycles. The summed E-state index contributed by atoms with van der Waals surface area (Å²) in [5.74, 6) is 0.441. The van der Waals surface area contributed by atoms with Crippen molar-refractivity contribution in [2.75, 3.05) is 0 Å². The van der Waals surface area contributed by atoms with Gasteiger partial charge in [-0.1, -0.05) is 24.9 Å². The van der Waals surface area contributed by atoms with Crippen molar-refractivity contribution in [3.63, 3.8) is 0 Å². The van der Waals surface area contributed by atoms with E-state index in [9.17, 15) is 4.79 Å². The van der Waals surface area contributed by atoms with E-state index in [1.165, 1.54) is 12.8 Å². The molecule has 1 amide bonds. The van der Waals surface area contributed by atoms with Gasteiger partial charge in [0, 0.05) is 12.2 Å². The van der Waals surface area contributed by atoms with Gasteiger partial charge in [-0.25, -0.2) is 4.98 Å². The monoisotopic (exact) mass is 238 g/mol. The smallest absolute Gasteiger partial charge is 0.254 e. The highest BCUT2D eigenvalue weighted by atomic mass is 35.5. The highest BCUT2D eigenvalue weighted by Crippen LogP contribution is 2.25. The van der Waals surface area contributed by atoms with Crippen molar-refractivity contribution in [3.8, 4) is 0 Å². The molecule has 1 N–H and O–H groups in total. The topological polar surface area (TPSA) is 42.0 Å². The molecule has 0 radical (unpaired) electrons. The van der Waals surface area contributed by atoms with Crippen LogP contribution in [0.1, 0.15) is 36.5 Å². The number of hydrogen-bond donors (Lipinski definition) is 1. The fraction of sp³-hybridized carbons (Fsp3) is 0.500. The number of amides is 1. The Hall–Kier alpha value is -1.09. The van der Waals surface area contributed by atoms with E-state index in [-0.39, 0.29) is 17.1 Å². The molecule has 0 aliphatic heterocycles. The zero-order chi connectivity index (χ0) is 11.5. The molecular weight excluding hydrogens is 224 g/mol. The second kappa shape index (κ2) is 4.83. The van der Waals surface area contributed by atoms with Crippen LogP contribution < -0.4 is 5.32 Å². The largest absolute Gasteiger partial charge is 0.349 e. The second-order valence-corrected chi connectivity index (χ2v) is 4.69. The van der Waals surface area contributed by atoms with E-state index < -0.39 is 0 Å². The first kappa shape index (κ1) is 11.4. The number of rotatable bonds is 2. The van der Waals surface area contributed by atoms with Gasteiger partial charge in [0.05, 0.1) is 5.56 Å². The lowest BCUT2D eigenvalue weighted by Crippen LogP contribution is -2.36. The number of carbonyl (C=O) groups is 1. The summed E-state index contributed by atoms with van der Waals surface area (Å²) in [4.78, 5) is 15.8. The van der Waals surface area contributed by atoms with Gasteiger partial charge >= 0.3 is 0 Å². The second-order valence-electron chi connectivity index (χ2n) is 4.33. The van der Waals surface area contributed by atoms with Crippen molar-refractivity contribution >= 4 is 17.5 Å². The summed E-state index contributed by atoms with van der Waals surface area (Å²) in [6.45, 7) is 2.17. The van der Waals surface area contributed by atoms with Crippen LogP contribution in [0.25, 0.3) is 0 Å². The molecule has 2 unspecified atom stereocenters. The summed E-state index contributed by atoms with van der Waals surface area (Å²) in [7, 11) is 0. The van der Waals surface area contributed by atoms with Gasteiger partial charge in [0.1, 0.15) is 5.15 Å². The molecule has 3 nitrogen and oxygen atoms in total. The molecular formula is C12H15ClN2O. The van der Waals surface area contributed by atoms with Gasteiger partial charge in [-0.15, -0.1) is 0 Å². The Morgan fingerprint density at radius 3 is 3.00 bits per heavy atom. The highest BCUT2D eigenvalue weighted by Gasteiger charge is 2.25. The highest BCUT2D eigenvalue weighted by molar-refractivity contribution is 6.32. The normalized spacial score (nSPS) is 24.4. The van der Waals surface area contributed by atoms with Crippen LogP contribution in [0, 0.1) is 5.92 Å². The first-order valence-electron chi connectivity index (χ1n) is 5.60. The van der Waals surface area contributed by atoms with Crippen LogP contribution in [0.3, 0.4) is 0 Å². The number of hydrogen-bond acceptors (Lipinski definition) is 2. The quantitative estimate of drug-likeness (QED) is 0.805. The van der Waals surface area contributed by atoms with Crippen molar-refractivity contribution in [3.05, 3.63) is 29.0 Å². The maximum absolute atomic E-state index is 11.9. The Labute approximate surface area is 100 Å². The fourth-order valence-corrected chi connectivity index (χ4v) is 2.37. The molecule has 1 aliphatic rings. The molecule has 0 saturated heterocycles. The standard InChI is InChI=1S/C12H15ClN2O/c1-8-4-2-6-10(8)15-12(16)9-5-3-7-14-11(9)13/h3,5,7-8,10H,2,4,6H2,1H3,(H,15,16). The summed E-state index contributed by atoms with van der Waals surface area (Å²) in [6, 6.07) is 3.70. The molecule has 1 aromatic heterocycles. The molecule has 1 aliphatic carbocycles. The van der Waals surface area contributed by atoms with Crippen molar-refractivity contribution in [2.24, 2.45) is 5.92 Å². The van der Waals surface area contributed by atoms with E-state index in [0.717, 1.165) is 6.42 Å². The lowest BCUT2D eigenvalue weighted by molar-refractivity contribution is 0.0929. The number of carbonyl (C=O) groups excluding carboxylic acids is 1. The van der Waals surface area contributed by atoms with Crippen LogP contribution in [0.2, 0.25) is 5.15 Å². The molecule has 2 rings (SSSR count). The number of nitrogens with one attached hydrogen (secondary N) is 1. The lowest BCUT2D eigenvalue weighted by atomic mass is 10.1. The maximum atomic E-state index is 11.9. The van der Waals surface area contributed by atoms with Crippen molar-refractivity contribution in [1.82, 2.24) is 10.3 Å². The third-order valence-electron chi connectivity index (χ3n) is 3.18. The molecule has 1 aromatic rings. The van der Waals surface area contributed by atoms with Gasteiger partial charge in [-0.05, 0) is 30.9 Å². The van der Waals surface area contributed by atoms with Gasteiger partial charge in [0.15, 0.2) is 0 Å². The first-order valence-corrected chi connectivity index (χ1v) is 5.97. The van der Waals surface area contributed by atoms with Crippen LogP contribution in [-0.2, 0) is 0 Å². The zero-order valence-corrected chi connectivity index (χ0v) is 10.00. The van der Waals surface area contributed by atoms with Crippen LogP contribution in [0.15, 0.2) is 18.3 Å². The van der Waals surface area contributed by atoms with Gasteiger partial charge in [-0.3, -0.25) is 4.79 Å². The molecule has 86 valence electrons. The number of nitrogens with zero attached hydrogens (tertiary/aromatic N) is 1. The van der Waals surface area contributed by atoms with Gasteiger partial charge < -0.3 is 5.32 Å². The number of pyridine rings is 1. The Morgan fingerprint density at radius 1 is 1.56 bits per heavy atom. The SMILES string of the molecule is CC1CCCC1NC(=O)c1cccnc1Cl. The lowest BCUT2D eigenvalue weighted by Gasteiger charge is -2.17. The maximum Gasteiger partial charge on any atom is 0.254 e. The third kappa shape index (κ3) is 2.35. The predicted octanol–water partition coefficient (Wildman–Crippen LogP) is 2.65. The van der Waals surface area contributed by atoms with Crippen LogP contribution >= 0.6 is 11.6 Å². The van der Waals surface area contributed by atoms with Crippen molar-refractivity contribution < 1.29 is 4.79 Å². The zero-order valence-electron chi connectivity index (χ0n) is 9.24. The van der Waals surface area contributed by atoms with Gasteiger partial charge in [0.25, 0.3) is 5.91 Å². The average molecular weight is 239 g/mol. The van der Waals surface area contributed by atoms with E-state index in [4.69, 9.17) is 11.6 Å². The molecule has 0 aromatic carbocycles. The van der Waals surface area contributed by atoms with Crippen LogP contribution in [0.4, 0.5) is 0 Å². The van der Waals surface area contributed by atoms with Crippen LogP contribution in [0.5, 0.6) is 0 Å². The van der Waals surface area contributed by atoms with Gasteiger partial charge in [0.2, 0.25) is 0 Å². The third-order valence-corrected chi connectivity index (χ3v) is 3.48. The summed E-state index contributed by atoms with van der Waals surface area (Å²) >= 11 is 5.87. The Balaban J connectivity index is 2.06. The van der Waals surface area contributed by atoms with E-state index in [1.54, 1.807) is 18.3 Å². The van der Waals surface area contributed by atoms with E-state index >= 15 is 0 Å². The molecule has 0 bridgehead atoms. The Bertz CT molecular complexity index is 394. The van der Waals surface area contributed by atoms with Crippen molar-refractivity contribution in [1.29, 1.82) is 0 Å². The minimum absolute atomic E-state index is 0.114. The molecule has 0 spiro atoms. The molecule has 1 heterocycles. The summed E-state index contributed by atoms with van der Waals surface area (Å²) in [5.41, 5.74) is 0.461. The summed E-state index contributed by atoms with van der Waals surface area (Å²) < 4.78 is 0. The minimum atomic E-state index is -0.114. The number of halogens is 1. The van der Waals surface area contributed by atoms with Crippen LogP contribution in [-0.4, -0.2) is 16.9 Å². The predicted molar refractivity (Wildman–Crippen MR) is 63.5 cm³/mol. The minimum Gasteiger partial charge on any atom is -0.349 e. The van der Waals surface area contributed by atoms with E-state index in [0.29, 0.717) is 11.5 Å². The number of aromatic nitrogens is 1.